The summed E-state index contributed by atoms with van der Waals surface area (Å²) in [6, 6.07) is 6.63. The SMILES string of the molecule is [C-]#[N+]c1[nH]c(C)c(-c2ccnc(Nc3ccc(N(C)C)c([N+](=O)[O-])c3)n2)c1C. The van der Waals surface area contributed by atoms with E-state index in [1.807, 2.05) is 13.8 Å². The number of hydrogen-bond acceptors (Lipinski definition) is 6. The number of hydrogen-bond donors (Lipinski definition) is 2. The third kappa shape index (κ3) is 3.48. The number of rotatable bonds is 5. The predicted molar refractivity (Wildman–Crippen MR) is 108 cm³/mol. The Kier molecular flexibility index (Phi) is 4.96. The van der Waals surface area contributed by atoms with Crippen molar-refractivity contribution in [3.8, 4) is 11.3 Å². The maximum absolute atomic E-state index is 11.4. The zero-order chi connectivity index (χ0) is 20.4. The Hall–Kier alpha value is -3.93. The monoisotopic (exact) mass is 377 g/mol. The summed E-state index contributed by atoms with van der Waals surface area (Å²) in [5.41, 5.74) is 4.20. The van der Waals surface area contributed by atoms with Gasteiger partial charge in [-0.1, -0.05) is 6.57 Å². The van der Waals surface area contributed by atoms with Crippen molar-refractivity contribution in [3.05, 3.63) is 63.3 Å². The van der Waals surface area contributed by atoms with Crippen LogP contribution in [0.3, 0.4) is 0 Å². The van der Waals surface area contributed by atoms with Gasteiger partial charge in [0.15, 0.2) is 0 Å². The van der Waals surface area contributed by atoms with Crippen LogP contribution >= 0.6 is 0 Å². The molecule has 142 valence electrons. The van der Waals surface area contributed by atoms with Gasteiger partial charge in [-0.05, 0) is 37.6 Å². The summed E-state index contributed by atoms with van der Waals surface area (Å²) in [4.78, 5) is 27.9. The molecule has 9 nitrogen and oxygen atoms in total. The number of aromatic nitrogens is 3. The lowest BCUT2D eigenvalue weighted by atomic mass is 10.1. The number of nitro benzene ring substituents is 1. The fourth-order valence-corrected chi connectivity index (χ4v) is 3.04. The lowest BCUT2D eigenvalue weighted by Gasteiger charge is -2.14. The minimum atomic E-state index is -0.420. The van der Waals surface area contributed by atoms with Crippen molar-refractivity contribution in [3.63, 3.8) is 0 Å². The highest BCUT2D eigenvalue weighted by atomic mass is 16.6. The van der Waals surface area contributed by atoms with Crippen molar-refractivity contribution >= 4 is 28.8 Å². The van der Waals surface area contributed by atoms with Gasteiger partial charge in [-0.25, -0.2) is 9.97 Å². The maximum atomic E-state index is 11.4. The molecule has 28 heavy (non-hydrogen) atoms. The average Bonchev–Trinajstić information content (AvgIpc) is 2.95. The van der Waals surface area contributed by atoms with Crippen LogP contribution in [0.2, 0.25) is 0 Å². The van der Waals surface area contributed by atoms with Gasteiger partial charge < -0.3 is 20.0 Å². The second-order valence-electron chi connectivity index (χ2n) is 6.46. The topological polar surface area (TPSA) is 104 Å². The number of nitrogens with zero attached hydrogens (tertiary/aromatic N) is 5. The van der Waals surface area contributed by atoms with E-state index >= 15 is 0 Å². The third-order valence-corrected chi connectivity index (χ3v) is 4.34. The molecule has 0 saturated heterocycles. The predicted octanol–water partition coefficient (Wildman–Crippen LogP) is 4.36. The zero-order valence-electron chi connectivity index (χ0n) is 15.9. The lowest BCUT2D eigenvalue weighted by Crippen LogP contribution is -2.11. The maximum Gasteiger partial charge on any atom is 0.294 e. The summed E-state index contributed by atoms with van der Waals surface area (Å²) < 4.78 is 0. The fraction of sp³-hybridized carbons (Fsp3) is 0.211. The molecule has 1 aromatic carbocycles. The number of H-pyrrole nitrogens is 1. The van der Waals surface area contributed by atoms with Crippen molar-refractivity contribution in [2.75, 3.05) is 24.3 Å². The number of aromatic amines is 1. The molecule has 2 aromatic heterocycles. The Morgan fingerprint density at radius 1 is 1.29 bits per heavy atom. The number of benzene rings is 1. The summed E-state index contributed by atoms with van der Waals surface area (Å²) >= 11 is 0. The summed E-state index contributed by atoms with van der Waals surface area (Å²) in [5.74, 6) is 0.796. The van der Waals surface area contributed by atoms with Crippen LogP contribution in [0.15, 0.2) is 30.5 Å². The second kappa shape index (κ2) is 7.36. The summed E-state index contributed by atoms with van der Waals surface area (Å²) in [7, 11) is 3.50. The molecule has 3 rings (SSSR count). The molecule has 0 radical (unpaired) electrons. The van der Waals surface area contributed by atoms with E-state index in [1.54, 1.807) is 43.4 Å². The van der Waals surface area contributed by atoms with E-state index in [9.17, 15) is 10.1 Å². The summed E-state index contributed by atoms with van der Waals surface area (Å²) in [5, 5.41) is 14.4. The van der Waals surface area contributed by atoms with Gasteiger partial charge in [0, 0.05) is 37.6 Å². The first-order valence-corrected chi connectivity index (χ1v) is 8.44. The quantitative estimate of drug-likeness (QED) is 0.389. The second-order valence-corrected chi connectivity index (χ2v) is 6.46. The minimum Gasteiger partial charge on any atom is -0.372 e. The molecule has 0 aliphatic heterocycles. The van der Waals surface area contributed by atoms with Gasteiger partial charge in [-0.3, -0.25) is 10.1 Å². The highest BCUT2D eigenvalue weighted by molar-refractivity contribution is 5.75. The van der Waals surface area contributed by atoms with Crippen molar-refractivity contribution in [1.29, 1.82) is 0 Å². The van der Waals surface area contributed by atoms with Gasteiger partial charge in [-0.15, -0.1) is 0 Å². The molecule has 0 bridgehead atoms. The largest absolute Gasteiger partial charge is 0.372 e. The van der Waals surface area contributed by atoms with E-state index in [0.717, 1.165) is 16.8 Å². The molecule has 0 amide bonds. The molecule has 0 fully saturated rings. The summed E-state index contributed by atoms with van der Waals surface area (Å²) in [6.45, 7) is 11.0. The Balaban J connectivity index is 1.97. The first kappa shape index (κ1) is 18.8. The zero-order valence-corrected chi connectivity index (χ0v) is 15.9. The van der Waals surface area contributed by atoms with Crippen LogP contribution in [0.25, 0.3) is 16.1 Å². The van der Waals surface area contributed by atoms with E-state index in [2.05, 4.69) is 25.1 Å². The molecule has 9 heteroatoms. The van der Waals surface area contributed by atoms with E-state index in [-0.39, 0.29) is 5.69 Å². The van der Waals surface area contributed by atoms with Crippen molar-refractivity contribution < 1.29 is 4.92 Å². The Bertz CT molecular complexity index is 1100. The smallest absolute Gasteiger partial charge is 0.294 e. The van der Waals surface area contributed by atoms with Gasteiger partial charge in [0.1, 0.15) is 5.69 Å². The number of aryl methyl sites for hydroxylation is 1. The molecule has 0 aliphatic rings. The average molecular weight is 377 g/mol. The minimum absolute atomic E-state index is 0.00910. The van der Waals surface area contributed by atoms with Crippen LogP contribution in [0.5, 0.6) is 0 Å². The lowest BCUT2D eigenvalue weighted by molar-refractivity contribution is -0.384. The van der Waals surface area contributed by atoms with Crippen LogP contribution in [0.4, 0.5) is 28.8 Å². The molecule has 0 spiro atoms. The standard InChI is InChI=1S/C19H19N7O2/c1-11-17(12(2)22-18(11)20-3)14-8-9-21-19(24-14)23-13-6-7-15(25(4)5)16(10-13)26(27)28/h6-10,22H,1-2,4-5H3,(H,21,23,24). The number of nitrogens with one attached hydrogen (secondary N) is 2. The normalized spacial score (nSPS) is 10.4. The molecule has 0 atom stereocenters. The van der Waals surface area contributed by atoms with E-state index in [4.69, 9.17) is 6.57 Å². The molecule has 0 aliphatic carbocycles. The summed E-state index contributed by atoms with van der Waals surface area (Å²) in [6.07, 6.45) is 1.61. The van der Waals surface area contributed by atoms with Gasteiger partial charge in [0.25, 0.3) is 5.69 Å². The van der Waals surface area contributed by atoms with E-state index in [0.29, 0.717) is 28.8 Å². The highest BCUT2D eigenvalue weighted by Crippen LogP contribution is 2.34. The molecular weight excluding hydrogens is 358 g/mol. The third-order valence-electron chi connectivity index (χ3n) is 4.34. The Morgan fingerprint density at radius 2 is 2.04 bits per heavy atom. The van der Waals surface area contributed by atoms with E-state index < -0.39 is 4.92 Å². The van der Waals surface area contributed by atoms with Gasteiger partial charge in [0.2, 0.25) is 11.8 Å². The molecule has 3 aromatic rings. The van der Waals surface area contributed by atoms with Gasteiger partial charge in [0.05, 0.1) is 16.3 Å². The van der Waals surface area contributed by atoms with E-state index in [1.165, 1.54) is 6.07 Å². The van der Waals surface area contributed by atoms with Gasteiger partial charge in [-0.2, -0.15) is 0 Å². The highest BCUT2D eigenvalue weighted by Gasteiger charge is 2.18. The molecule has 0 unspecified atom stereocenters. The molecule has 0 saturated carbocycles. The first-order chi connectivity index (χ1) is 13.3. The van der Waals surface area contributed by atoms with Crippen molar-refractivity contribution in [2.24, 2.45) is 0 Å². The van der Waals surface area contributed by atoms with Crippen LogP contribution < -0.4 is 10.2 Å². The Morgan fingerprint density at radius 3 is 2.64 bits per heavy atom. The van der Waals surface area contributed by atoms with Crippen LogP contribution in [-0.2, 0) is 0 Å². The molecule has 2 N–H and O–H groups in total. The Labute approximate surface area is 162 Å². The molecular formula is C19H19N7O2. The van der Waals surface area contributed by atoms with Crippen LogP contribution in [0.1, 0.15) is 11.3 Å². The van der Waals surface area contributed by atoms with Crippen molar-refractivity contribution in [2.45, 2.75) is 13.8 Å². The first-order valence-electron chi connectivity index (χ1n) is 8.44. The fourth-order valence-electron chi connectivity index (χ4n) is 3.04. The van der Waals surface area contributed by atoms with Crippen LogP contribution in [-0.4, -0.2) is 34.0 Å². The van der Waals surface area contributed by atoms with Crippen molar-refractivity contribution in [1.82, 2.24) is 15.0 Å². The van der Waals surface area contributed by atoms with Crippen LogP contribution in [0, 0.1) is 30.5 Å². The molecule has 2 heterocycles. The number of nitro groups is 1. The van der Waals surface area contributed by atoms with Gasteiger partial charge >= 0.3 is 0 Å². The number of anilines is 3.